The van der Waals surface area contributed by atoms with Crippen LogP contribution < -0.4 is 5.32 Å². The largest absolute Gasteiger partial charge is 0.312 e. The Balaban J connectivity index is 2.17. The van der Waals surface area contributed by atoms with Gasteiger partial charge in [-0.1, -0.05) is 30.3 Å². The van der Waals surface area contributed by atoms with Crippen molar-refractivity contribution in [1.82, 2.24) is 10.2 Å². The minimum Gasteiger partial charge on any atom is -0.312 e. The molecule has 15 heavy (non-hydrogen) atoms. The molecule has 0 bridgehead atoms. The summed E-state index contributed by atoms with van der Waals surface area (Å²) in [6, 6.07) is 11.9. The van der Waals surface area contributed by atoms with Crippen LogP contribution in [-0.4, -0.2) is 31.6 Å². The van der Waals surface area contributed by atoms with E-state index < -0.39 is 0 Å². The maximum Gasteiger partial charge on any atom is 0.0475 e. The van der Waals surface area contributed by atoms with Gasteiger partial charge in [-0.25, -0.2) is 0 Å². The zero-order chi connectivity index (χ0) is 10.7. The van der Waals surface area contributed by atoms with E-state index in [9.17, 15) is 0 Å². The zero-order valence-corrected chi connectivity index (χ0v) is 9.61. The first-order valence-corrected chi connectivity index (χ1v) is 5.75. The molecule has 1 N–H and O–H groups in total. The molecule has 0 amide bonds. The van der Waals surface area contributed by atoms with E-state index in [1.165, 1.54) is 24.9 Å². The molecular formula is C13H20N2. The minimum atomic E-state index is 0.471. The summed E-state index contributed by atoms with van der Waals surface area (Å²) in [5, 5.41) is 3.45. The van der Waals surface area contributed by atoms with Gasteiger partial charge in [0.15, 0.2) is 0 Å². The monoisotopic (exact) mass is 204 g/mol. The van der Waals surface area contributed by atoms with Crippen molar-refractivity contribution in [3.05, 3.63) is 35.9 Å². The molecule has 1 fully saturated rings. The Hall–Kier alpha value is -0.860. The average Bonchev–Trinajstić information content (AvgIpc) is 2.68. The van der Waals surface area contributed by atoms with Crippen molar-refractivity contribution in [2.24, 2.45) is 0 Å². The standard InChI is InChI=1S/C13H20N2/c1-14-13(11-7-4-3-5-8-11)12-9-6-10-15(12)2/h3-5,7-8,12-14H,6,9-10H2,1-2H3. The van der Waals surface area contributed by atoms with Crippen LogP contribution in [-0.2, 0) is 0 Å². The molecule has 1 saturated heterocycles. The van der Waals surface area contributed by atoms with Gasteiger partial charge < -0.3 is 10.2 Å². The Kier molecular flexibility index (Phi) is 3.39. The molecule has 1 aliphatic rings. The summed E-state index contributed by atoms with van der Waals surface area (Å²) in [4.78, 5) is 2.47. The maximum absolute atomic E-state index is 3.45. The normalized spacial score (nSPS) is 24.3. The Bertz CT molecular complexity index is 297. The van der Waals surface area contributed by atoms with Gasteiger partial charge in [-0.05, 0) is 39.0 Å². The van der Waals surface area contributed by atoms with Gasteiger partial charge in [-0.2, -0.15) is 0 Å². The number of likely N-dealkylation sites (tertiary alicyclic amines) is 1. The molecule has 1 heterocycles. The zero-order valence-electron chi connectivity index (χ0n) is 9.61. The van der Waals surface area contributed by atoms with Crippen molar-refractivity contribution < 1.29 is 0 Å². The van der Waals surface area contributed by atoms with Crippen molar-refractivity contribution in [1.29, 1.82) is 0 Å². The molecule has 1 aromatic carbocycles. The maximum atomic E-state index is 3.45. The number of nitrogens with zero attached hydrogens (tertiary/aromatic N) is 1. The van der Waals surface area contributed by atoms with Crippen LogP contribution >= 0.6 is 0 Å². The smallest absolute Gasteiger partial charge is 0.0475 e. The van der Waals surface area contributed by atoms with Crippen LogP contribution in [0.5, 0.6) is 0 Å². The van der Waals surface area contributed by atoms with Gasteiger partial charge in [0.1, 0.15) is 0 Å². The third-order valence-electron chi connectivity index (χ3n) is 3.43. The van der Waals surface area contributed by atoms with Crippen LogP contribution in [0.4, 0.5) is 0 Å². The Morgan fingerprint density at radius 3 is 2.60 bits per heavy atom. The van der Waals surface area contributed by atoms with Gasteiger partial charge in [0.25, 0.3) is 0 Å². The summed E-state index contributed by atoms with van der Waals surface area (Å²) in [5.74, 6) is 0. The third kappa shape index (κ3) is 2.21. The number of likely N-dealkylation sites (N-methyl/N-ethyl adjacent to an activating group) is 2. The lowest BCUT2D eigenvalue weighted by molar-refractivity contribution is 0.253. The predicted octanol–water partition coefficient (Wildman–Crippen LogP) is 2.04. The average molecular weight is 204 g/mol. The first-order valence-electron chi connectivity index (χ1n) is 5.75. The van der Waals surface area contributed by atoms with E-state index in [1.807, 2.05) is 0 Å². The molecule has 2 rings (SSSR count). The summed E-state index contributed by atoms with van der Waals surface area (Å²) >= 11 is 0. The quantitative estimate of drug-likeness (QED) is 0.810. The molecule has 1 aromatic rings. The number of benzene rings is 1. The highest BCUT2D eigenvalue weighted by Gasteiger charge is 2.28. The van der Waals surface area contributed by atoms with Crippen molar-refractivity contribution in [2.45, 2.75) is 24.9 Å². The van der Waals surface area contributed by atoms with Crippen LogP contribution in [0.3, 0.4) is 0 Å². The highest BCUT2D eigenvalue weighted by molar-refractivity contribution is 5.21. The van der Waals surface area contributed by atoms with E-state index in [-0.39, 0.29) is 0 Å². The fraction of sp³-hybridized carbons (Fsp3) is 0.538. The summed E-state index contributed by atoms with van der Waals surface area (Å²) in [7, 11) is 4.29. The number of nitrogens with one attached hydrogen (secondary N) is 1. The van der Waals surface area contributed by atoms with Gasteiger partial charge in [0.05, 0.1) is 0 Å². The van der Waals surface area contributed by atoms with E-state index in [0.717, 1.165) is 0 Å². The van der Waals surface area contributed by atoms with Crippen LogP contribution in [0, 0.1) is 0 Å². The predicted molar refractivity (Wildman–Crippen MR) is 63.9 cm³/mol. The molecule has 2 unspecified atom stereocenters. The fourth-order valence-corrected chi connectivity index (χ4v) is 2.60. The first-order chi connectivity index (χ1) is 7.33. The Morgan fingerprint density at radius 1 is 1.33 bits per heavy atom. The van der Waals surface area contributed by atoms with E-state index in [2.05, 4.69) is 54.6 Å². The number of hydrogen-bond donors (Lipinski definition) is 1. The highest BCUT2D eigenvalue weighted by Crippen LogP contribution is 2.27. The third-order valence-corrected chi connectivity index (χ3v) is 3.43. The molecule has 2 atom stereocenters. The lowest BCUT2D eigenvalue weighted by Crippen LogP contribution is -2.37. The van der Waals surface area contributed by atoms with Gasteiger partial charge in [-0.15, -0.1) is 0 Å². The van der Waals surface area contributed by atoms with Gasteiger partial charge in [-0.3, -0.25) is 0 Å². The Labute approximate surface area is 92.3 Å². The van der Waals surface area contributed by atoms with Crippen LogP contribution in [0.1, 0.15) is 24.4 Å². The molecule has 0 spiro atoms. The summed E-state index contributed by atoms with van der Waals surface area (Å²) < 4.78 is 0. The molecule has 0 aromatic heterocycles. The second-order valence-corrected chi connectivity index (χ2v) is 4.37. The lowest BCUT2D eigenvalue weighted by atomic mass is 9.98. The van der Waals surface area contributed by atoms with Crippen LogP contribution in [0.2, 0.25) is 0 Å². The Morgan fingerprint density at radius 2 is 2.07 bits per heavy atom. The lowest BCUT2D eigenvalue weighted by Gasteiger charge is -2.29. The topological polar surface area (TPSA) is 15.3 Å². The second kappa shape index (κ2) is 4.77. The summed E-state index contributed by atoms with van der Waals surface area (Å²) in [5.41, 5.74) is 1.40. The van der Waals surface area contributed by atoms with Gasteiger partial charge in [0, 0.05) is 12.1 Å². The summed E-state index contributed by atoms with van der Waals surface area (Å²) in [6.45, 7) is 1.23. The SMILES string of the molecule is CNC(c1ccccc1)C1CCCN1C. The van der Waals surface area contributed by atoms with E-state index >= 15 is 0 Å². The van der Waals surface area contributed by atoms with E-state index in [4.69, 9.17) is 0 Å². The highest BCUT2D eigenvalue weighted by atomic mass is 15.2. The molecular weight excluding hydrogens is 184 g/mol. The number of hydrogen-bond acceptors (Lipinski definition) is 2. The van der Waals surface area contributed by atoms with Crippen molar-refractivity contribution in [3.8, 4) is 0 Å². The van der Waals surface area contributed by atoms with Crippen molar-refractivity contribution in [2.75, 3.05) is 20.6 Å². The molecule has 2 heteroatoms. The second-order valence-electron chi connectivity index (χ2n) is 4.37. The molecule has 2 nitrogen and oxygen atoms in total. The molecule has 0 saturated carbocycles. The fourth-order valence-electron chi connectivity index (χ4n) is 2.60. The van der Waals surface area contributed by atoms with Crippen LogP contribution in [0.25, 0.3) is 0 Å². The van der Waals surface area contributed by atoms with Crippen molar-refractivity contribution >= 4 is 0 Å². The van der Waals surface area contributed by atoms with Crippen molar-refractivity contribution in [3.63, 3.8) is 0 Å². The summed E-state index contributed by atoms with van der Waals surface area (Å²) in [6.07, 6.45) is 2.63. The molecule has 1 aliphatic heterocycles. The molecule has 0 aliphatic carbocycles. The molecule has 82 valence electrons. The van der Waals surface area contributed by atoms with Crippen LogP contribution in [0.15, 0.2) is 30.3 Å². The molecule has 0 radical (unpaired) electrons. The van der Waals surface area contributed by atoms with Gasteiger partial charge in [0.2, 0.25) is 0 Å². The number of rotatable bonds is 3. The van der Waals surface area contributed by atoms with Gasteiger partial charge >= 0.3 is 0 Å². The van der Waals surface area contributed by atoms with E-state index in [1.54, 1.807) is 0 Å². The minimum absolute atomic E-state index is 0.471. The van der Waals surface area contributed by atoms with E-state index in [0.29, 0.717) is 12.1 Å². The first kappa shape index (κ1) is 10.7.